The van der Waals surface area contributed by atoms with Crippen molar-refractivity contribution in [1.29, 1.82) is 0 Å². The van der Waals surface area contributed by atoms with Crippen LogP contribution in [-0.2, 0) is 0 Å². The molecule has 1 aliphatic rings. The van der Waals surface area contributed by atoms with Gasteiger partial charge in [-0.15, -0.1) is 0 Å². The molecule has 0 saturated carbocycles. The van der Waals surface area contributed by atoms with Gasteiger partial charge >= 0.3 is 0 Å². The first kappa shape index (κ1) is 15.8. The summed E-state index contributed by atoms with van der Waals surface area (Å²) in [5.41, 5.74) is 2.06. The highest BCUT2D eigenvalue weighted by Gasteiger charge is 2.33. The summed E-state index contributed by atoms with van der Waals surface area (Å²) in [6.45, 7) is 8.21. The van der Waals surface area contributed by atoms with Crippen molar-refractivity contribution in [3.05, 3.63) is 23.4 Å². The maximum Gasteiger partial charge on any atom is 0.254 e. The second-order valence-electron chi connectivity index (χ2n) is 6.13. The molecule has 2 heterocycles. The van der Waals surface area contributed by atoms with Crippen LogP contribution in [0.4, 0.5) is 5.82 Å². The van der Waals surface area contributed by atoms with E-state index in [1.807, 2.05) is 31.0 Å². The Hall–Kier alpha value is -1.58. The number of nitrogens with zero attached hydrogens (tertiary/aromatic N) is 2. The number of likely N-dealkylation sites (tertiary alicyclic amines) is 1. The fourth-order valence-corrected chi connectivity index (χ4v) is 3.24. The van der Waals surface area contributed by atoms with Crippen molar-refractivity contribution in [2.45, 2.75) is 46.5 Å². The summed E-state index contributed by atoms with van der Waals surface area (Å²) < 4.78 is 0. The summed E-state index contributed by atoms with van der Waals surface area (Å²) in [4.78, 5) is 19.0. The second-order valence-corrected chi connectivity index (χ2v) is 6.13. The number of piperidine rings is 1. The predicted molar refractivity (Wildman–Crippen MR) is 86.7 cm³/mol. The van der Waals surface area contributed by atoms with E-state index in [1.54, 1.807) is 0 Å². The van der Waals surface area contributed by atoms with Gasteiger partial charge < -0.3 is 10.2 Å². The molecule has 0 aliphatic carbocycles. The standard InChI is InChI=1S/C17H27N3O/c1-5-17(6-2)7-9-20(10-8-17)16(21)14-11-13(3)19-15(12-14)18-4/h11-12H,5-10H2,1-4H3,(H,18,19). The molecule has 4 nitrogen and oxygen atoms in total. The third-order valence-electron chi connectivity index (χ3n) is 5.07. The Labute approximate surface area is 127 Å². The van der Waals surface area contributed by atoms with Crippen molar-refractivity contribution in [3.8, 4) is 0 Å². The van der Waals surface area contributed by atoms with Gasteiger partial charge in [0, 0.05) is 31.4 Å². The first-order valence-electron chi connectivity index (χ1n) is 7.99. The molecule has 1 aliphatic heterocycles. The largest absolute Gasteiger partial charge is 0.373 e. The van der Waals surface area contributed by atoms with Crippen molar-refractivity contribution in [3.63, 3.8) is 0 Å². The second kappa shape index (κ2) is 6.46. The van der Waals surface area contributed by atoms with Gasteiger partial charge in [-0.1, -0.05) is 26.7 Å². The quantitative estimate of drug-likeness (QED) is 0.923. The summed E-state index contributed by atoms with van der Waals surface area (Å²) >= 11 is 0. The Morgan fingerprint density at radius 2 is 1.90 bits per heavy atom. The normalized spacial score (nSPS) is 17.6. The molecule has 1 fully saturated rings. The summed E-state index contributed by atoms with van der Waals surface area (Å²) in [5.74, 6) is 0.893. The molecule has 116 valence electrons. The van der Waals surface area contributed by atoms with E-state index in [0.29, 0.717) is 5.41 Å². The molecule has 1 aromatic heterocycles. The van der Waals surface area contributed by atoms with E-state index < -0.39 is 0 Å². The van der Waals surface area contributed by atoms with Gasteiger partial charge in [0.2, 0.25) is 0 Å². The van der Waals surface area contributed by atoms with Gasteiger partial charge in [0.25, 0.3) is 5.91 Å². The minimum atomic E-state index is 0.137. The molecule has 1 aromatic rings. The summed E-state index contributed by atoms with van der Waals surface area (Å²) in [6.07, 6.45) is 4.66. The third-order valence-corrected chi connectivity index (χ3v) is 5.07. The van der Waals surface area contributed by atoms with Gasteiger partial charge in [-0.05, 0) is 37.3 Å². The highest BCUT2D eigenvalue weighted by atomic mass is 16.2. The third kappa shape index (κ3) is 3.36. The molecule has 0 spiro atoms. The van der Waals surface area contributed by atoms with E-state index in [-0.39, 0.29) is 5.91 Å². The monoisotopic (exact) mass is 289 g/mol. The number of aromatic nitrogens is 1. The lowest BCUT2D eigenvalue weighted by Crippen LogP contribution is -2.42. The van der Waals surface area contributed by atoms with Crippen molar-refractivity contribution < 1.29 is 4.79 Å². The van der Waals surface area contributed by atoms with Gasteiger partial charge in [-0.2, -0.15) is 0 Å². The maximum atomic E-state index is 12.7. The van der Waals surface area contributed by atoms with E-state index in [4.69, 9.17) is 0 Å². The first-order chi connectivity index (χ1) is 10.0. The number of anilines is 1. The van der Waals surface area contributed by atoms with Gasteiger partial charge in [-0.3, -0.25) is 4.79 Å². The number of hydrogen-bond donors (Lipinski definition) is 1. The molecule has 0 aromatic carbocycles. The number of amides is 1. The topological polar surface area (TPSA) is 45.2 Å². The highest BCUT2D eigenvalue weighted by Crippen LogP contribution is 2.38. The Bertz CT molecular complexity index is 499. The van der Waals surface area contributed by atoms with Crippen molar-refractivity contribution in [2.75, 3.05) is 25.5 Å². The van der Waals surface area contributed by atoms with Crippen LogP contribution in [0.2, 0.25) is 0 Å². The van der Waals surface area contributed by atoms with Crippen LogP contribution in [-0.4, -0.2) is 35.9 Å². The van der Waals surface area contributed by atoms with E-state index in [9.17, 15) is 4.79 Å². The fourth-order valence-electron chi connectivity index (χ4n) is 3.24. The minimum Gasteiger partial charge on any atom is -0.373 e. The van der Waals surface area contributed by atoms with E-state index in [1.165, 1.54) is 12.8 Å². The predicted octanol–water partition coefficient (Wildman–Crippen LogP) is 3.47. The lowest BCUT2D eigenvalue weighted by atomic mass is 9.74. The van der Waals surface area contributed by atoms with Crippen LogP contribution in [0.3, 0.4) is 0 Å². The lowest BCUT2D eigenvalue weighted by molar-refractivity contribution is 0.0557. The Morgan fingerprint density at radius 1 is 1.29 bits per heavy atom. The molecular formula is C17H27N3O. The van der Waals surface area contributed by atoms with E-state index in [2.05, 4.69) is 24.1 Å². The zero-order valence-corrected chi connectivity index (χ0v) is 13.7. The van der Waals surface area contributed by atoms with Crippen LogP contribution >= 0.6 is 0 Å². The summed E-state index contributed by atoms with van der Waals surface area (Å²) in [6, 6.07) is 3.72. The Balaban J connectivity index is 2.10. The van der Waals surface area contributed by atoms with E-state index in [0.717, 1.165) is 43.0 Å². The highest BCUT2D eigenvalue weighted by molar-refractivity contribution is 5.95. The van der Waals surface area contributed by atoms with Crippen LogP contribution in [0.25, 0.3) is 0 Å². The molecule has 21 heavy (non-hydrogen) atoms. The SMILES string of the molecule is CCC1(CC)CCN(C(=O)c2cc(C)nc(NC)c2)CC1. The van der Waals surface area contributed by atoms with Crippen LogP contribution in [0.5, 0.6) is 0 Å². The van der Waals surface area contributed by atoms with Gasteiger partial charge in [0.05, 0.1) is 0 Å². The summed E-state index contributed by atoms with van der Waals surface area (Å²) in [7, 11) is 1.83. The zero-order chi connectivity index (χ0) is 15.5. The first-order valence-corrected chi connectivity index (χ1v) is 7.99. The zero-order valence-electron chi connectivity index (χ0n) is 13.7. The molecule has 1 saturated heterocycles. The van der Waals surface area contributed by atoms with Crippen LogP contribution in [0.1, 0.15) is 55.6 Å². The average Bonchev–Trinajstić information content (AvgIpc) is 2.53. The van der Waals surface area contributed by atoms with Gasteiger partial charge in [0.15, 0.2) is 0 Å². The number of pyridine rings is 1. The van der Waals surface area contributed by atoms with Crippen LogP contribution in [0.15, 0.2) is 12.1 Å². The van der Waals surface area contributed by atoms with Crippen molar-refractivity contribution >= 4 is 11.7 Å². The number of nitrogens with one attached hydrogen (secondary N) is 1. The average molecular weight is 289 g/mol. The number of rotatable bonds is 4. The van der Waals surface area contributed by atoms with Crippen molar-refractivity contribution in [1.82, 2.24) is 9.88 Å². The Morgan fingerprint density at radius 3 is 2.43 bits per heavy atom. The molecule has 1 N–H and O–H groups in total. The van der Waals surface area contributed by atoms with E-state index >= 15 is 0 Å². The van der Waals surface area contributed by atoms with Crippen LogP contribution < -0.4 is 5.32 Å². The smallest absolute Gasteiger partial charge is 0.254 e. The maximum absolute atomic E-state index is 12.7. The molecule has 1 amide bonds. The molecule has 0 unspecified atom stereocenters. The van der Waals surface area contributed by atoms with Gasteiger partial charge in [0.1, 0.15) is 5.82 Å². The lowest BCUT2D eigenvalue weighted by Gasteiger charge is -2.41. The molecular weight excluding hydrogens is 262 g/mol. The van der Waals surface area contributed by atoms with Gasteiger partial charge in [-0.25, -0.2) is 4.98 Å². The summed E-state index contributed by atoms with van der Waals surface area (Å²) in [5, 5.41) is 3.02. The fraction of sp³-hybridized carbons (Fsp3) is 0.647. The molecule has 2 rings (SSSR count). The molecule has 4 heteroatoms. The molecule has 0 atom stereocenters. The Kier molecular flexibility index (Phi) is 4.86. The number of aryl methyl sites for hydroxylation is 1. The van der Waals surface area contributed by atoms with Crippen LogP contribution in [0, 0.1) is 12.3 Å². The minimum absolute atomic E-state index is 0.137. The number of carbonyl (C=O) groups excluding carboxylic acids is 1. The number of carbonyl (C=O) groups is 1. The van der Waals surface area contributed by atoms with Crippen molar-refractivity contribution in [2.24, 2.45) is 5.41 Å². The number of hydrogen-bond acceptors (Lipinski definition) is 3. The molecule has 0 bridgehead atoms. The molecule has 0 radical (unpaired) electrons.